The molecule has 7 heteroatoms. The Morgan fingerprint density at radius 3 is 2.41 bits per heavy atom. The quantitative estimate of drug-likeness (QED) is 0.792. The molecule has 1 fully saturated rings. The molecule has 27 heavy (non-hydrogen) atoms. The van der Waals surface area contributed by atoms with Crippen LogP contribution in [0.25, 0.3) is 0 Å². The number of benzene rings is 2. The van der Waals surface area contributed by atoms with E-state index in [0.717, 1.165) is 25.7 Å². The van der Waals surface area contributed by atoms with Crippen LogP contribution in [0.15, 0.2) is 53.4 Å². The largest absolute Gasteiger partial charge is 0.339 e. The van der Waals surface area contributed by atoms with Gasteiger partial charge in [0.05, 0.1) is 15.5 Å². The molecule has 2 aromatic rings. The van der Waals surface area contributed by atoms with Gasteiger partial charge in [-0.15, -0.1) is 0 Å². The number of nitrogens with zero attached hydrogens (tertiary/aromatic N) is 1. The molecule has 0 heterocycles. The van der Waals surface area contributed by atoms with E-state index in [1.165, 1.54) is 24.6 Å². The Bertz CT molecular complexity index is 910. The molecule has 0 radical (unpaired) electrons. The highest BCUT2D eigenvalue weighted by Crippen LogP contribution is 2.27. The number of carbonyl (C=O) groups is 1. The first kappa shape index (κ1) is 19.7. The molecule has 144 valence electrons. The van der Waals surface area contributed by atoms with Crippen LogP contribution in [0.5, 0.6) is 0 Å². The van der Waals surface area contributed by atoms with Gasteiger partial charge in [-0.1, -0.05) is 49.1 Å². The van der Waals surface area contributed by atoms with Crippen molar-refractivity contribution in [3.8, 4) is 0 Å². The summed E-state index contributed by atoms with van der Waals surface area (Å²) in [7, 11) is -1.94. The van der Waals surface area contributed by atoms with E-state index < -0.39 is 10.0 Å². The average Bonchev–Trinajstić information content (AvgIpc) is 2.69. The lowest BCUT2D eigenvalue weighted by molar-refractivity contribution is 0.0696. The van der Waals surface area contributed by atoms with Gasteiger partial charge in [0.1, 0.15) is 0 Å². The molecule has 0 spiro atoms. The summed E-state index contributed by atoms with van der Waals surface area (Å²) in [5.74, 6) is -0.187. The van der Waals surface area contributed by atoms with Crippen LogP contribution >= 0.6 is 11.6 Å². The smallest absolute Gasteiger partial charge is 0.261 e. The van der Waals surface area contributed by atoms with Gasteiger partial charge >= 0.3 is 0 Å². The Balaban J connectivity index is 1.83. The maximum absolute atomic E-state index is 12.9. The number of halogens is 1. The molecular formula is C20H23ClN2O3S. The van der Waals surface area contributed by atoms with Crippen molar-refractivity contribution in [2.75, 3.05) is 11.8 Å². The highest BCUT2D eigenvalue weighted by atomic mass is 35.5. The predicted octanol–water partition coefficient (Wildman–Crippen LogP) is 4.55. The molecule has 2 aromatic carbocycles. The molecular weight excluding hydrogens is 384 g/mol. The Labute approximate surface area is 165 Å². The molecule has 0 saturated heterocycles. The van der Waals surface area contributed by atoms with E-state index >= 15 is 0 Å². The van der Waals surface area contributed by atoms with Crippen LogP contribution in [0, 0.1) is 0 Å². The third kappa shape index (κ3) is 4.62. The lowest BCUT2D eigenvalue weighted by Gasteiger charge is -2.31. The molecule has 1 N–H and O–H groups in total. The van der Waals surface area contributed by atoms with E-state index in [4.69, 9.17) is 11.6 Å². The minimum atomic E-state index is -3.73. The number of sulfonamides is 1. The van der Waals surface area contributed by atoms with Gasteiger partial charge in [-0.05, 0) is 43.2 Å². The third-order valence-electron chi connectivity index (χ3n) is 4.95. The SMILES string of the molecule is CN(C(=O)c1cc(NS(=O)(=O)c2ccccc2)ccc1Cl)C1CCCCC1. The molecule has 0 atom stereocenters. The first-order chi connectivity index (χ1) is 12.9. The number of rotatable bonds is 5. The van der Waals surface area contributed by atoms with Gasteiger partial charge in [-0.25, -0.2) is 8.42 Å². The molecule has 0 bridgehead atoms. The molecule has 0 unspecified atom stereocenters. The lowest BCUT2D eigenvalue weighted by Crippen LogP contribution is -2.38. The van der Waals surface area contributed by atoms with Crippen molar-refractivity contribution in [1.29, 1.82) is 0 Å². The molecule has 3 rings (SSSR count). The number of carbonyl (C=O) groups excluding carboxylic acids is 1. The molecule has 1 aliphatic rings. The normalized spacial score (nSPS) is 15.3. The van der Waals surface area contributed by atoms with Crippen LogP contribution in [0.3, 0.4) is 0 Å². The van der Waals surface area contributed by atoms with Crippen molar-refractivity contribution >= 4 is 33.2 Å². The minimum absolute atomic E-state index is 0.159. The van der Waals surface area contributed by atoms with Crippen molar-refractivity contribution < 1.29 is 13.2 Å². The second-order valence-electron chi connectivity index (χ2n) is 6.82. The Kier molecular flexibility index (Phi) is 6.07. The lowest BCUT2D eigenvalue weighted by atomic mass is 9.94. The summed E-state index contributed by atoms with van der Waals surface area (Å²) in [6.45, 7) is 0. The number of hydrogen-bond donors (Lipinski definition) is 1. The molecule has 0 aromatic heterocycles. The van der Waals surface area contributed by atoms with Crippen molar-refractivity contribution in [2.45, 2.75) is 43.0 Å². The van der Waals surface area contributed by atoms with E-state index in [0.29, 0.717) is 16.3 Å². The zero-order chi connectivity index (χ0) is 19.4. The maximum atomic E-state index is 12.9. The summed E-state index contributed by atoms with van der Waals surface area (Å²) in [4.78, 5) is 14.8. The summed E-state index contributed by atoms with van der Waals surface area (Å²) in [5, 5.41) is 0.310. The van der Waals surface area contributed by atoms with Crippen LogP contribution in [-0.4, -0.2) is 32.3 Å². The van der Waals surface area contributed by atoms with Gasteiger partial charge in [0.15, 0.2) is 0 Å². The first-order valence-electron chi connectivity index (χ1n) is 9.03. The van der Waals surface area contributed by atoms with Crippen molar-refractivity contribution in [1.82, 2.24) is 4.90 Å². The standard InChI is InChI=1S/C20H23ClN2O3S/c1-23(16-8-4-2-5-9-16)20(24)18-14-15(12-13-19(18)21)22-27(25,26)17-10-6-3-7-11-17/h3,6-7,10-14,16,22H,2,4-5,8-9H2,1H3. The summed E-state index contributed by atoms with van der Waals surface area (Å²) >= 11 is 6.24. The monoisotopic (exact) mass is 406 g/mol. The summed E-state index contributed by atoms with van der Waals surface area (Å²) < 4.78 is 27.5. The highest BCUT2D eigenvalue weighted by molar-refractivity contribution is 7.92. The number of nitrogens with one attached hydrogen (secondary N) is 1. The van der Waals surface area contributed by atoms with E-state index in [9.17, 15) is 13.2 Å². The van der Waals surface area contributed by atoms with Gasteiger partial charge in [0.25, 0.3) is 15.9 Å². The molecule has 1 aliphatic carbocycles. The van der Waals surface area contributed by atoms with E-state index in [2.05, 4.69) is 4.72 Å². The van der Waals surface area contributed by atoms with E-state index in [-0.39, 0.29) is 16.8 Å². The minimum Gasteiger partial charge on any atom is -0.339 e. The topological polar surface area (TPSA) is 66.5 Å². The maximum Gasteiger partial charge on any atom is 0.261 e. The van der Waals surface area contributed by atoms with Gasteiger partial charge in [0.2, 0.25) is 0 Å². The zero-order valence-corrected chi connectivity index (χ0v) is 16.8. The molecule has 1 amide bonds. The highest BCUT2D eigenvalue weighted by Gasteiger charge is 2.25. The Morgan fingerprint density at radius 1 is 1.07 bits per heavy atom. The van der Waals surface area contributed by atoms with Crippen molar-refractivity contribution in [3.05, 3.63) is 59.1 Å². The van der Waals surface area contributed by atoms with Gasteiger partial charge in [0, 0.05) is 18.8 Å². The summed E-state index contributed by atoms with van der Waals surface area (Å²) in [6, 6.07) is 12.9. The van der Waals surface area contributed by atoms with E-state index in [1.807, 2.05) is 0 Å². The second kappa shape index (κ2) is 8.31. The zero-order valence-electron chi connectivity index (χ0n) is 15.2. The summed E-state index contributed by atoms with van der Waals surface area (Å²) in [5.41, 5.74) is 0.613. The number of hydrogen-bond acceptors (Lipinski definition) is 3. The van der Waals surface area contributed by atoms with E-state index in [1.54, 1.807) is 42.3 Å². The van der Waals surface area contributed by atoms with Crippen molar-refractivity contribution in [3.63, 3.8) is 0 Å². The van der Waals surface area contributed by atoms with Gasteiger partial charge in [-0.3, -0.25) is 9.52 Å². The van der Waals surface area contributed by atoms with Crippen LogP contribution in [0.4, 0.5) is 5.69 Å². The van der Waals surface area contributed by atoms with Crippen LogP contribution in [0.1, 0.15) is 42.5 Å². The Hall–Kier alpha value is -2.05. The number of anilines is 1. The van der Waals surface area contributed by atoms with Crippen molar-refractivity contribution in [2.24, 2.45) is 0 Å². The fourth-order valence-corrected chi connectivity index (χ4v) is 4.66. The fourth-order valence-electron chi connectivity index (χ4n) is 3.39. The van der Waals surface area contributed by atoms with Crippen LogP contribution < -0.4 is 4.72 Å². The fraction of sp³-hybridized carbons (Fsp3) is 0.350. The Morgan fingerprint density at radius 2 is 1.74 bits per heavy atom. The third-order valence-corrected chi connectivity index (χ3v) is 6.67. The predicted molar refractivity (Wildman–Crippen MR) is 108 cm³/mol. The van der Waals surface area contributed by atoms with Crippen LogP contribution in [0.2, 0.25) is 5.02 Å². The number of amides is 1. The van der Waals surface area contributed by atoms with Gasteiger partial charge in [-0.2, -0.15) is 0 Å². The molecule has 0 aliphatic heterocycles. The second-order valence-corrected chi connectivity index (χ2v) is 8.91. The average molecular weight is 407 g/mol. The van der Waals surface area contributed by atoms with Gasteiger partial charge < -0.3 is 4.90 Å². The van der Waals surface area contributed by atoms with Crippen LogP contribution in [-0.2, 0) is 10.0 Å². The summed E-state index contributed by atoms with van der Waals surface area (Å²) in [6.07, 6.45) is 5.41. The molecule has 5 nitrogen and oxygen atoms in total. The first-order valence-corrected chi connectivity index (χ1v) is 10.9. The molecule has 1 saturated carbocycles.